The van der Waals surface area contributed by atoms with E-state index in [4.69, 9.17) is 10.3 Å². The first kappa shape index (κ1) is 10.6. The van der Waals surface area contributed by atoms with Crippen LogP contribution in [0.2, 0.25) is 0 Å². The molecule has 1 aromatic heterocycles. The zero-order valence-corrected chi connectivity index (χ0v) is 9.66. The summed E-state index contributed by atoms with van der Waals surface area (Å²) >= 11 is 0. The van der Waals surface area contributed by atoms with E-state index in [1.807, 2.05) is 6.92 Å². The number of nitrogens with zero attached hydrogens (tertiary/aromatic N) is 2. The molecule has 0 saturated heterocycles. The maximum Gasteiger partial charge on any atom is 0.231 e. The molecule has 0 aromatic carbocycles. The summed E-state index contributed by atoms with van der Waals surface area (Å²) in [5, 5.41) is 4.06. The summed E-state index contributed by atoms with van der Waals surface area (Å²) in [5.74, 6) is 1.75. The van der Waals surface area contributed by atoms with E-state index in [1.54, 1.807) is 0 Å². The van der Waals surface area contributed by atoms with Gasteiger partial charge in [0.25, 0.3) is 0 Å². The Balaban J connectivity index is 2.18. The van der Waals surface area contributed by atoms with Crippen molar-refractivity contribution < 1.29 is 4.52 Å². The van der Waals surface area contributed by atoms with Gasteiger partial charge >= 0.3 is 0 Å². The highest BCUT2D eigenvalue weighted by Crippen LogP contribution is 2.46. The lowest BCUT2D eigenvalue weighted by Crippen LogP contribution is -2.24. The van der Waals surface area contributed by atoms with Gasteiger partial charge in [0.05, 0.1) is 5.92 Å². The first-order valence-corrected chi connectivity index (χ1v) is 5.66. The Bertz CT molecular complexity index is 341. The van der Waals surface area contributed by atoms with Gasteiger partial charge in [-0.3, -0.25) is 0 Å². The third-order valence-electron chi connectivity index (χ3n) is 3.37. The average molecular weight is 209 g/mol. The minimum absolute atomic E-state index is 0.0651. The summed E-state index contributed by atoms with van der Waals surface area (Å²) < 4.78 is 5.30. The van der Waals surface area contributed by atoms with E-state index in [9.17, 15) is 0 Å². The molecule has 1 fully saturated rings. The maximum absolute atomic E-state index is 5.89. The van der Waals surface area contributed by atoms with E-state index in [-0.39, 0.29) is 17.4 Å². The second kappa shape index (κ2) is 3.59. The Hall–Kier alpha value is -0.900. The SMILES string of the molecule is CCC(c1nc(C2(C)CC2)no1)C(C)N. The van der Waals surface area contributed by atoms with Gasteiger partial charge < -0.3 is 10.3 Å². The van der Waals surface area contributed by atoms with Crippen molar-refractivity contribution in [1.29, 1.82) is 0 Å². The molecule has 2 unspecified atom stereocenters. The summed E-state index contributed by atoms with van der Waals surface area (Å²) in [6.45, 7) is 6.25. The van der Waals surface area contributed by atoms with Gasteiger partial charge in [-0.1, -0.05) is 19.0 Å². The Labute approximate surface area is 90.2 Å². The highest BCUT2D eigenvalue weighted by molar-refractivity contribution is 5.15. The minimum atomic E-state index is 0.0651. The number of aromatic nitrogens is 2. The van der Waals surface area contributed by atoms with Crippen LogP contribution >= 0.6 is 0 Å². The van der Waals surface area contributed by atoms with Crippen LogP contribution in [-0.4, -0.2) is 16.2 Å². The fourth-order valence-corrected chi connectivity index (χ4v) is 1.81. The van der Waals surface area contributed by atoms with E-state index in [2.05, 4.69) is 24.0 Å². The predicted octanol–water partition coefficient (Wildman–Crippen LogP) is 1.96. The van der Waals surface area contributed by atoms with E-state index < -0.39 is 0 Å². The average Bonchev–Trinajstić information content (AvgIpc) is 2.76. The predicted molar refractivity (Wildman–Crippen MR) is 57.6 cm³/mol. The standard InChI is InChI=1S/C11H19N3O/c1-4-8(7(2)12)9-13-10(14-15-9)11(3)5-6-11/h7-8H,4-6,12H2,1-3H3. The molecule has 0 spiro atoms. The summed E-state index contributed by atoms with van der Waals surface area (Å²) in [5.41, 5.74) is 6.06. The molecule has 0 amide bonds. The van der Waals surface area contributed by atoms with Crippen molar-refractivity contribution in [1.82, 2.24) is 10.1 Å². The van der Waals surface area contributed by atoms with E-state index in [0.29, 0.717) is 5.89 Å². The van der Waals surface area contributed by atoms with Gasteiger partial charge in [-0.2, -0.15) is 4.98 Å². The number of hydrogen-bond acceptors (Lipinski definition) is 4. The Morgan fingerprint density at radius 2 is 2.20 bits per heavy atom. The Morgan fingerprint density at radius 3 is 2.67 bits per heavy atom. The van der Waals surface area contributed by atoms with Gasteiger partial charge in [0.15, 0.2) is 5.82 Å². The van der Waals surface area contributed by atoms with Crippen LogP contribution < -0.4 is 5.73 Å². The van der Waals surface area contributed by atoms with Crippen LogP contribution in [0, 0.1) is 0 Å². The molecule has 2 atom stereocenters. The Morgan fingerprint density at radius 1 is 1.53 bits per heavy atom. The van der Waals surface area contributed by atoms with Gasteiger partial charge in [0, 0.05) is 11.5 Å². The number of nitrogens with two attached hydrogens (primary N) is 1. The number of hydrogen-bond donors (Lipinski definition) is 1. The summed E-state index contributed by atoms with van der Waals surface area (Å²) in [4.78, 5) is 4.48. The van der Waals surface area contributed by atoms with Gasteiger partial charge in [0.1, 0.15) is 0 Å². The van der Waals surface area contributed by atoms with Gasteiger partial charge in [0.2, 0.25) is 5.89 Å². The van der Waals surface area contributed by atoms with Crippen molar-refractivity contribution >= 4 is 0 Å². The highest BCUT2D eigenvalue weighted by atomic mass is 16.5. The quantitative estimate of drug-likeness (QED) is 0.823. The third kappa shape index (κ3) is 1.91. The molecular formula is C11H19N3O. The molecule has 0 bridgehead atoms. The van der Waals surface area contributed by atoms with E-state index in [0.717, 1.165) is 12.2 Å². The van der Waals surface area contributed by atoms with Crippen LogP contribution in [0.4, 0.5) is 0 Å². The van der Waals surface area contributed by atoms with Crippen molar-refractivity contribution in [3.05, 3.63) is 11.7 Å². The fraction of sp³-hybridized carbons (Fsp3) is 0.818. The van der Waals surface area contributed by atoms with Crippen molar-refractivity contribution in [3.8, 4) is 0 Å². The molecule has 1 heterocycles. The zero-order chi connectivity index (χ0) is 11.1. The topological polar surface area (TPSA) is 64.9 Å². The summed E-state index contributed by atoms with van der Waals surface area (Å²) in [7, 11) is 0. The van der Waals surface area contributed by atoms with Crippen LogP contribution in [0.5, 0.6) is 0 Å². The first-order chi connectivity index (χ1) is 7.07. The van der Waals surface area contributed by atoms with Gasteiger partial charge in [-0.25, -0.2) is 0 Å². The second-order valence-electron chi connectivity index (χ2n) is 4.89. The molecule has 2 N–H and O–H groups in total. The maximum atomic E-state index is 5.89. The summed E-state index contributed by atoms with van der Waals surface area (Å²) in [6, 6.07) is 0.0651. The molecule has 15 heavy (non-hydrogen) atoms. The molecule has 1 aliphatic rings. The van der Waals surface area contributed by atoms with Crippen molar-refractivity contribution in [2.45, 2.75) is 57.4 Å². The van der Waals surface area contributed by atoms with Crippen molar-refractivity contribution in [2.24, 2.45) is 5.73 Å². The molecule has 4 nitrogen and oxygen atoms in total. The lowest BCUT2D eigenvalue weighted by atomic mass is 9.99. The minimum Gasteiger partial charge on any atom is -0.339 e. The van der Waals surface area contributed by atoms with Gasteiger partial charge in [-0.15, -0.1) is 0 Å². The zero-order valence-electron chi connectivity index (χ0n) is 9.66. The number of rotatable bonds is 4. The molecule has 4 heteroatoms. The molecule has 2 rings (SSSR count). The van der Waals surface area contributed by atoms with E-state index in [1.165, 1.54) is 12.8 Å². The smallest absolute Gasteiger partial charge is 0.231 e. The molecule has 1 aromatic rings. The largest absolute Gasteiger partial charge is 0.339 e. The Kier molecular flexibility index (Phi) is 2.54. The molecular weight excluding hydrogens is 190 g/mol. The van der Waals surface area contributed by atoms with E-state index >= 15 is 0 Å². The van der Waals surface area contributed by atoms with Crippen LogP contribution in [-0.2, 0) is 5.41 Å². The van der Waals surface area contributed by atoms with Crippen LogP contribution in [0.15, 0.2) is 4.52 Å². The van der Waals surface area contributed by atoms with Crippen molar-refractivity contribution in [3.63, 3.8) is 0 Å². The van der Waals surface area contributed by atoms with Gasteiger partial charge in [-0.05, 0) is 26.2 Å². The normalized spacial score (nSPS) is 22.4. The molecule has 0 aliphatic heterocycles. The first-order valence-electron chi connectivity index (χ1n) is 5.66. The molecule has 0 radical (unpaired) electrons. The molecule has 1 saturated carbocycles. The van der Waals surface area contributed by atoms with Crippen LogP contribution in [0.3, 0.4) is 0 Å². The van der Waals surface area contributed by atoms with Crippen molar-refractivity contribution in [2.75, 3.05) is 0 Å². The van der Waals surface area contributed by atoms with Crippen LogP contribution in [0.1, 0.15) is 57.7 Å². The second-order valence-corrected chi connectivity index (χ2v) is 4.89. The molecule has 1 aliphatic carbocycles. The fourth-order valence-electron chi connectivity index (χ4n) is 1.81. The van der Waals surface area contributed by atoms with Crippen LogP contribution in [0.25, 0.3) is 0 Å². The molecule has 84 valence electrons. The highest BCUT2D eigenvalue weighted by Gasteiger charge is 2.44. The lowest BCUT2D eigenvalue weighted by molar-refractivity contribution is 0.329. The summed E-state index contributed by atoms with van der Waals surface area (Å²) in [6.07, 6.45) is 3.28. The monoisotopic (exact) mass is 209 g/mol. The third-order valence-corrected chi connectivity index (χ3v) is 3.37. The lowest BCUT2D eigenvalue weighted by Gasteiger charge is -2.13.